The molecule has 0 aliphatic heterocycles. The standard InChI is InChI=1S/C17H19Br2NO/c1-2-15(20)10-13-9-14(18)7-8-17(13)21-11-12-5-3-4-6-16(12)19/h3-9,15H,2,10-11,20H2,1H3. The molecule has 1 unspecified atom stereocenters. The van der Waals surface area contributed by atoms with E-state index in [4.69, 9.17) is 10.5 Å². The van der Waals surface area contributed by atoms with Crippen LogP contribution in [0.3, 0.4) is 0 Å². The summed E-state index contributed by atoms with van der Waals surface area (Å²) in [6.45, 7) is 2.64. The van der Waals surface area contributed by atoms with Crippen LogP contribution in [0.15, 0.2) is 51.4 Å². The van der Waals surface area contributed by atoms with Gasteiger partial charge in [0.2, 0.25) is 0 Å². The van der Waals surface area contributed by atoms with E-state index in [9.17, 15) is 0 Å². The predicted octanol–water partition coefficient (Wildman–Crippen LogP) is 5.07. The van der Waals surface area contributed by atoms with E-state index in [1.54, 1.807) is 0 Å². The molecule has 2 aromatic rings. The lowest BCUT2D eigenvalue weighted by atomic mass is 10.0. The van der Waals surface area contributed by atoms with E-state index < -0.39 is 0 Å². The molecule has 0 amide bonds. The zero-order valence-electron chi connectivity index (χ0n) is 12.0. The molecule has 2 rings (SSSR count). The highest BCUT2D eigenvalue weighted by molar-refractivity contribution is 9.10. The van der Waals surface area contributed by atoms with Crippen molar-refractivity contribution in [3.05, 3.63) is 62.5 Å². The van der Waals surface area contributed by atoms with E-state index in [0.29, 0.717) is 6.61 Å². The van der Waals surface area contributed by atoms with Crippen LogP contribution in [0.2, 0.25) is 0 Å². The number of halogens is 2. The summed E-state index contributed by atoms with van der Waals surface area (Å²) in [5.41, 5.74) is 8.35. The largest absolute Gasteiger partial charge is 0.489 e. The third-order valence-corrected chi connectivity index (χ3v) is 4.64. The first-order valence-electron chi connectivity index (χ1n) is 7.00. The lowest BCUT2D eigenvalue weighted by Crippen LogP contribution is -2.21. The van der Waals surface area contributed by atoms with Crippen LogP contribution in [0.1, 0.15) is 24.5 Å². The molecule has 0 bridgehead atoms. The second kappa shape index (κ2) is 7.97. The van der Waals surface area contributed by atoms with Crippen molar-refractivity contribution in [3.63, 3.8) is 0 Å². The van der Waals surface area contributed by atoms with Crippen LogP contribution in [0, 0.1) is 0 Å². The highest BCUT2D eigenvalue weighted by Gasteiger charge is 2.09. The number of benzene rings is 2. The molecule has 0 aliphatic rings. The van der Waals surface area contributed by atoms with Gasteiger partial charge in [0, 0.05) is 20.6 Å². The van der Waals surface area contributed by atoms with Gasteiger partial charge in [-0.1, -0.05) is 57.0 Å². The van der Waals surface area contributed by atoms with Crippen LogP contribution < -0.4 is 10.5 Å². The zero-order valence-corrected chi connectivity index (χ0v) is 15.2. The second-order valence-corrected chi connectivity index (χ2v) is 6.77. The van der Waals surface area contributed by atoms with Gasteiger partial charge in [-0.2, -0.15) is 0 Å². The molecule has 2 N–H and O–H groups in total. The van der Waals surface area contributed by atoms with Crippen LogP contribution >= 0.6 is 31.9 Å². The zero-order chi connectivity index (χ0) is 15.2. The van der Waals surface area contributed by atoms with Crippen molar-refractivity contribution in [2.45, 2.75) is 32.4 Å². The highest BCUT2D eigenvalue weighted by atomic mass is 79.9. The molecule has 0 radical (unpaired) electrons. The Kier molecular flexibility index (Phi) is 6.27. The fourth-order valence-electron chi connectivity index (χ4n) is 2.05. The number of rotatable bonds is 6. The summed E-state index contributed by atoms with van der Waals surface area (Å²) < 4.78 is 8.11. The van der Waals surface area contributed by atoms with Crippen LogP contribution in [0.4, 0.5) is 0 Å². The number of ether oxygens (including phenoxy) is 1. The molecule has 112 valence electrons. The van der Waals surface area contributed by atoms with Gasteiger partial charge in [0.25, 0.3) is 0 Å². The Balaban J connectivity index is 2.14. The van der Waals surface area contributed by atoms with Crippen molar-refractivity contribution in [2.24, 2.45) is 5.73 Å². The summed E-state index contributed by atoms with van der Waals surface area (Å²) in [7, 11) is 0. The Morgan fingerprint density at radius 2 is 1.86 bits per heavy atom. The van der Waals surface area contributed by atoms with Gasteiger partial charge in [0.1, 0.15) is 12.4 Å². The summed E-state index contributed by atoms with van der Waals surface area (Å²) >= 11 is 7.06. The minimum absolute atomic E-state index is 0.158. The summed E-state index contributed by atoms with van der Waals surface area (Å²) in [5.74, 6) is 0.901. The van der Waals surface area contributed by atoms with Crippen LogP contribution in [0.25, 0.3) is 0 Å². The van der Waals surface area contributed by atoms with E-state index >= 15 is 0 Å². The number of hydrogen-bond acceptors (Lipinski definition) is 2. The second-order valence-electron chi connectivity index (χ2n) is 5.00. The lowest BCUT2D eigenvalue weighted by molar-refractivity contribution is 0.301. The van der Waals surface area contributed by atoms with E-state index in [2.05, 4.69) is 50.9 Å². The van der Waals surface area contributed by atoms with Crippen LogP contribution in [-0.2, 0) is 13.0 Å². The van der Waals surface area contributed by atoms with Crippen LogP contribution in [0.5, 0.6) is 5.75 Å². The molecule has 2 aromatic carbocycles. The molecule has 0 aliphatic carbocycles. The first-order valence-corrected chi connectivity index (χ1v) is 8.59. The molecular formula is C17H19Br2NO. The van der Waals surface area contributed by atoms with Gasteiger partial charge in [0.15, 0.2) is 0 Å². The van der Waals surface area contributed by atoms with Gasteiger partial charge in [0.05, 0.1) is 0 Å². The Labute approximate surface area is 143 Å². The third kappa shape index (κ3) is 4.83. The predicted molar refractivity (Wildman–Crippen MR) is 94.6 cm³/mol. The third-order valence-electron chi connectivity index (χ3n) is 3.37. The molecule has 2 nitrogen and oxygen atoms in total. The van der Waals surface area contributed by atoms with Crippen molar-refractivity contribution in [3.8, 4) is 5.75 Å². The van der Waals surface area contributed by atoms with Gasteiger partial charge in [-0.05, 0) is 42.7 Å². The Morgan fingerprint density at radius 1 is 1.10 bits per heavy atom. The molecular weight excluding hydrogens is 394 g/mol. The van der Waals surface area contributed by atoms with Crippen molar-refractivity contribution >= 4 is 31.9 Å². The molecule has 0 fully saturated rings. The van der Waals surface area contributed by atoms with Crippen molar-refractivity contribution in [2.75, 3.05) is 0 Å². The summed E-state index contributed by atoms with van der Waals surface area (Å²) in [6, 6.07) is 14.3. The molecule has 0 saturated heterocycles. The molecule has 1 atom stereocenters. The first-order chi connectivity index (χ1) is 10.1. The molecule has 21 heavy (non-hydrogen) atoms. The molecule has 4 heteroatoms. The summed E-state index contributed by atoms with van der Waals surface area (Å²) in [4.78, 5) is 0. The Morgan fingerprint density at radius 3 is 2.57 bits per heavy atom. The fraction of sp³-hybridized carbons (Fsp3) is 0.294. The Bertz CT molecular complexity index is 601. The van der Waals surface area contributed by atoms with Gasteiger partial charge in [-0.25, -0.2) is 0 Å². The molecule has 0 saturated carbocycles. The topological polar surface area (TPSA) is 35.2 Å². The fourth-order valence-corrected chi connectivity index (χ4v) is 2.85. The van der Waals surface area contributed by atoms with Crippen molar-refractivity contribution in [1.29, 1.82) is 0 Å². The quantitative estimate of drug-likeness (QED) is 0.718. The van der Waals surface area contributed by atoms with Crippen molar-refractivity contribution in [1.82, 2.24) is 0 Å². The average molecular weight is 413 g/mol. The van der Waals surface area contributed by atoms with Crippen molar-refractivity contribution < 1.29 is 4.74 Å². The van der Waals surface area contributed by atoms with Crippen LogP contribution in [-0.4, -0.2) is 6.04 Å². The van der Waals surface area contributed by atoms with E-state index in [0.717, 1.165) is 38.7 Å². The number of hydrogen-bond donors (Lipinski definition) is 1. The minimum atomic E-state index is 0.158. The SMILES string of the molecule is CCC(N)Cc1cc(Br)ccc1OCc1ccccc1Br. The van der Waals surface area contributed by atoms with E-state index in [1.807, 2.05) is 30.3 Å². The van der Waals surface area contributed by atoms with E-state index in [1.165, 1.54) is 0 Å². The normalized spacial score (nSPS) is 12.2. The minimum Gasteiger partial charge on any atom is -0.489 e. The van der Waals surface area contributed by atoms with E-state index in [-0.39, 0.29) is 6.04 Å². The van der Waals surface area contributed by atoms with Gasteiger partial charge >= 0.3 is 0 Å². The maximum atomic E-state index is 6.08. The first kappa shape index (κ1) is 16.5. The number of nitrogens with two attached hydrogens (primary N) is 1. The molecule has 0 aromatic heterocycles. The monoisotopic (exact) mass is 411 g/mol. The maximum absolute atomic E-state index is 6.08. The van der Waals surface area contributed by atoms with Gasteiger partial charge in [-0.3, -0.25) is 0 Å². The lowest BCUT2D eigenvalue weighted by Gasteiger charge is -2.15. The summed E-state index contributed by atoms with van der Waals surface area (Å²) in [6.07, 6.45) is 1.78. The molecule has 0 heterocycles. The highest BCUT2D eigenvalue weighted by Crippen LogP contribution is 2.26. The summed E-state index contributed by atoms with van der Waals surface area (Å²) in [5, 5.41) is 0. The Hall–Kier alpha value is -0.840. The average Bonchev–Trinajstić information content (AvgIpc) is 2.48. The smallest absolute Gasteiger partial charge is 0.123 e. The van der Waals surface area contributed by atoms with Gasteiger partial charge in [-0.15, -0.1) is 0 Å². The maximum Gasteiger partial charge on any atom is 0.123 e. The molecule has 0 spiro atoms. The van der Waals surface area contributed by atoms with Gasteiger partial charge < -0.3 is 10.5 Å².